The summed E-state index contributed by atoms with van der Waals surface area (Å²) in [5.74, 6) is 1.46. The summed E-state index contributed by atoms with van der Waals surface area (Å²) in [4.78, 5) is 12.1. The molecule has 1 saturated heterocycles. The van der Waals surface area contributed by atoms with Crippen LogP contribution < -0.4 is 11.1 Å². The van der Waals surface area contributed by atoms with E-state index in [0.717, 1.165) is 61.5 Å². The lowest BCUT2D eigenvalue weighted by Gasteiger charge is -2.34. The SMILES string of the molecule is CC(C)C(N)CN1CCC(Nc2nc3ccccc3n2Cc2cccc3cccnc23)CC1. The van der Waals surface area contributed by atoms with Crippen LogP contribution in [0.2, 0.25) is 0 Å². The Morgan fingerprint density at radius 1 is 1.03 bits per heavy atom. The molecule has 1 fully saturated rings. The molecule has 2 aromatic carbocycles. The molecule has 0 amide bonds. The monoisotopic (exact) mass is 442 g/mol. The van der Waals surface area contributed by atoms with E-state index in [9.17, 15) is 0 Å². The first-order valence-corrected chi connectivity index (χ1v) is 12.1. The zero-order valence-corrected chi connectivity index (χ0v) is 19.6. The van der Waals surface area contributed by atoms with Gasteiger partial charge in [0.15, 0.2) is 0 Å². The predicted octanol–water partition coefficient (Wildman–Crippen LogP) is 4.49. The number of pyridine rings is 1. The van der Waals surface area contributed by atoms with Gasteiger partial charge in [-0.2, -0.15) is 0 Å². The number of hydrogen-bond donors (Lipinski definition) is 2. The number of para-hydroxylation sites is 3. The highest BCUT2D eigenvalue weighted by Gasteiger charge is 2.23. The molecule has 0 bridgehead atoms. The van der Waals surface area contributed by atoms with E-state index >= 15 is 0 Å². The summed E-state index contributed by atoms with van der Waals surface area (Å²) in [5, 5.41) is 4.94. The normalized spacial score (nSPS) is 16.6. The standard InChI is InChI=1S/C27H34N6/c1-19(2)23(28)18-32-15-12-22(13-16-32)30-27-31-24-10-3-4-11-25(24)33(27)17-21-8-5-7-20-9-6-14-29-26(20)21/h3-11,14,19,22-23H,12-13,15-18,28H2,1-2H3,(H,30,31). The highest BCUT2D eigenvalue weighted by molar-refractivity contribution is 5.83. The molecular weight excluding hydrogens is 408 g/mol. The van der Waals surface area contributed by atoms with Crippen molar-refractivity contribution in [3.05, 3.63) is 66.4 Å². The Kier molecular flexibility index (Phi) is 6.29. The van der Waals surface area contributed by atoms with Crippen LogP contribution in [0.15, 0.2) is 60.8 Å². The van der Waals surface area contributed by atoms with Gasteiger partial charge in [0.25, 0.3) is 0 Å². The third kappa shape index (κ3) is 4.72. The number of rotatable bonds is 7. The van der Waals surface area contributed by atoms with E-state index in [2.05, 4.69) is 82.1 Å². The molecule has 6 heteroatoms. The van der Waals surface area contributed by atoms with E-state index in [1.54, 1.807) is 0 Å². The average Bonchev–Trinajstić information content (AvgIpc) is 3.17. The van der Waals surface area contributed by atoms with Gasteiger partial charge in [0.1, 0.15) is 0 Å². The number of piperidine rings is 1. The average molecular weight is 443 g/mol. The Labute approximate surface area is 195 Å². The molecule has 3 N–H and O–H groups in total. The fraction of sp³-hybridized carbons (Fsp3) is 0.407. The van der Waals surface area contributed by atoms with Crippen molar-refractivity contribution in [1.82, 2.24) is 19.4 Å². The third-order valence-electron chi connectivity index (χ3n) is 6.95. The largest absolute Gasteiger partial charge is 0.353 e. The van der Waals surface area contributed by atoms with Crippen molar-refractivity contribution in [2.24, 2.45) is 11.7 Å². The molecular formula is C27H34N6. The highest BCUT2D eigenvalue weighted by Crippen LogP contribution is 2.26. The third-order valence-corrected chi connectivity index (χ3v) is 6.95. The molecule has 33 heavy (non-hydrogen) atoms. The van der Waals surface area contributed by atoms with Gasteiger partial charge < -0.3 is 20.5 Å². The van der Waals surface area contributed by atoms with E-state index in [4.69, 9.17) is 10.7 Å². The van der Waals surface area contributed by atoms with E-state index in [0.29, 0.717) is 12.0 Å². The van der Waals surface area contributed by atoms with Crippen LogP contribution >= 0.6 is 0 Å². The lowest BCUT2D eigenvalue weighted by Crippen LogP contribution is -2.46. The number of fused-ring (bicyclic) bond motifs is 2. The molecule has 172 valence electrons. The van der Waals surface area contributed by atoms with Crippen LogP contribution in [-0.2, 0) is 6.54 Å². The minimum atomic E-state index is 0.244. The number of nitrogens with two attached hydrogens (primary N) is 1. The predicted molar refractivity (Wildman–Crippen MR) is 136 cm³/mol. The minimum absolute atomic E-state index is 0.244. The number of benzene rings is 2. The van der Waals surface area contributed by atoms with Crippen molar-refractivity contribution in [3.63, 3.8) is 0 Å². The first-order valence-electron chi connectivity index (χ1n) is 12.1. The van der Waals surface area contributed by atoms with Crippen LogP contribution in [0.25, 0.3) is 21.9 Å². The Hall–Kier alpha value is -2.96. The first kappa shape index (κ1) is 21.9. The molecule has 4 aromatic rings. The van der Waals surface area contributed by atoms with Crippen LogP contribution in [0.4, 0.5) is 5.95 Å². The molecule has 0 spiro atoms. The first-order chi connectivity index (χ1) is 16.1. The quantitative estimate of drug-likeness (QED) is 0.441. The second-order valence-corrected chi connectivity index (χ2v) is 9.63. The van der Waals surface area contributed by atoms with Crippen molar-refractivity contribution in [2.75, 3.05) is 25.0 Å². The molecule has 6 nitrogen and oxygen atoms in total. The van der Waals surface area contributed by atoms with Crippen molar-refractivity contribution in [3.8, 4) is 0 Å². The van der Waals surface area contributed by atoms with E-state index in [-0.39, 0.29) is 6.04 Å². The maximum atomic E-state index is 6.31. The van der Waals surface area contributed by atoms with Crippen LogP contribution in [0.1, 0.15) is 32.3 Å². The fourth-order valence-corrected chi connectivity index (χ4v) is 4.76. The van der Waals surface area contributed by atoms with Crippen molar-refractivity contribution in [1.29, 1.82) is 0 Å². The van der Waals surface area contributed by atoms with E-state index in [1.807, 2.05) is 12.3 Å². The molecule has 1 unspecified atom stereocenters. The second kappa shape index (κ2) is 9.49. The number of anilines is 1. The van der Waals surface area contributed by atoms with Crippen LogP contribution in [0.5, 0.6) is 0 Å². The number of nitrogens with one attached hydrogen (secondary N) is 1. The molecule has 2 aromatic heterocycles. The zero-order valence-electron chi connectivity index (χ0n) is 19.6. The van der Waals surface area contributed by atoms with Gasteiger partial charge in [-0.1, -0.05) is 50.2 Å². The van der Waals surface area contributed by atoms with Crippen LogP contribution in [0.3, 0.4) is 0 Å². The Morgan fingerprint density at radius 3 is 2.64 bits per heavy atom. The van der Waals surface area contributed by atoms with Crippen LogP contribution in [-0.4, -0.2) is 51.2 Å². The van der Waals surface area contributed by atoms with Crippen molar-refractivity contribution >= 4 is 27.9 Å². The summed E-state index contributed by atoms with van der Waals surface area (Å²) in [6.07, 6.45) is 4.07. The van der Waals surface area contributed by atoms with Gasteiger partial charge in [0, 0.05) is 43.3 Å². The number of imidazole rings is 1. The van der Waals surface area contributed by atoms with Crippen molar-refractivity contribution in [2.45, 2.75) is 45.3 Å². The molecule has 1 atom stereocenters. The number of aromatic nitrogens is 3. The van der Waals surface area contributed by atoms with Gasteiger partial charge in [-0.25, -0.2) is 4.98 Å². The molecule has 0 aliphatic carbocycles. The van der Waals surface area contributed by atoms with Crippen molar-refractivity contribution < 1.29 is 0 Å². The van der Waals surface area contributed by atoms with Gasteiger partial charge in [-0.15, -0.1) is 0 Å². The maximum absolute atomic E-state index is 6.31. The summed E-state index contributed by atoms with van der Waals surface area (Å²) in [6.45, 7) is 8.28. The molecule has 0 radical (unpaired) electrons. The van der Waals surface area contributed by atoms with Gasteiger partial charge in [-0.3, -0.25) is 4.98 Å². The fourth-order valence-electron chi connectivity index (χ4n) is 4.76. The molecule has 1 aliphatic rings. The highest BCUT2D eigenvalue weighted by atomic mass is 15.2. The molecule has 1 aliphatic heterocycles. The van der Waals surface area contributed by atoms with Crippen LogP contribution in [0, 0.1) is 5.92 Å². The summed E-state index contributed by atoms with van der Waals surface area (Å²) < 4.78 is 2.31. The summed E-state index contributed by atoms with van der Waals surface area (Å²) >= 11 is 0. The summed E-state index contributed by atoms with van der Waals surface area (Å²) in [6, 6.07) is 19.6. The lowest BCUT2D eigenvalue weighted by molar-refractivity contribution is 0.194. The Morgan fingerprint density at radius 2 is 1.82 bits per heavy atom. The van der Waals surface area contributed by atoms with Gasteiger partial charge in [0.05, 0.1) is 23.1 Å². The van der Waals surface area contributed by atoms with Gasteiger partial charge in [-0.05, 0) is 42.5 Å². The number of likely N-dealkylation sites (tertiary alicyclic amines) is 1. The molecule has 0 saturated carbocycles. The van der Waals surface area contributed by atoms with E-state index in [1.165, 1.54) is 10.9 Å². The zero-order chi connectivity index (χ0) is 22.8. The van der Waals surface area contributed by atoms with Gasteiger partial charge >= 0.3 is 0 Å². The Balaban J connectivity index is 1.37. The summed E-state index contributed by atoms with van der Waals surface area (Å²) in [5.41, 5.74) is 10.7. The number of hydrogen-bond acceptors (Lipinski definition) is 5. The van der Waals surface area contributed by atoms with Gasteiger partial charge in [0.2, 0.25) is 5.95 Å². The second-order valence-electron chi connectivity index (χ2n) is 9.63. The molecule has 3 heterocycles. The lowest BCUT2D eigenvalue weighted by atomic mass is 10.0. The molecule has 5 rings (SSSR count). The smallest absolute Gasteiger partial charge is 0.204 e. The topological polar surface area (TPSA) is 72.0 Å². The maximum Gasteiger partial charge on any atom is 0.204 e. The minimum Gasteiger partial charge on any atom is -0.353 e. The van der Waals surface area contributed by atoms with E-state index < -0.39 is 0 Å². The Bertz CT molecular complexity index is 1220. The summed E-state index contributed by atoms with van der Waals surface area (Å²) in [7, 11) is 0. The number of nitrogens with zero attached hydrogens (tertiary/aromatic N) is 4.